The van der Waals surface area contributed by atoms with Gasteiger partial charge in [-0.2, -0.15) is 0 Å². The number of nitrogens with zero attached hydrogens (tertiary/aromatic N) is 4. The maximum absolute atomic E-state index is 13.2. The summed E-state index contributed by atoms with van der Waals surface area (Å²) in [5.74, 6) is 1.46. The summed E-state index contributed by atoms with van der Waals surface area (Å²) in [7, 11) is 1.78. The molecule has 2 bridgehead atoms. The molecule has 4 fully saturated rings. The number of aromatic nitrogens is 2. The molecular weight excluding hydrogens is 411 g/mol. The Kier molecular flexibility index (Phi) is 5.44. The van der Waals surface area contributed by atoms with Gasteiger partial charge in [0.2, 0.25) is 11.9 Å². The first kappa shape index (κ1) is 22.0. The molecule has 5 heterocycles. The standard InChI is InChI=1S/C24H35FN4O3/c1-23(2,3)32-14-24-9-17-7-15(8-18(10-24)29(17)21(24)30)19-5-6-28(13-20(19)31-4)22-26-11-16(25)12-27-22/h11-12,15,17-20H,5-10,13-14H2,1-4H3/t15?,17-,18-,19?,20?,24?/m0/s1. The number of rotatable bonds is 5. The Morgan fingerprint density at radius 1 is 1.19 bits per heavy atom. The summed E-state index contributed by atoms with van der Waals surface area (Å²) in [4.78, 5) is 25.8. The predicted octanol–water partition coefficient (Wildman–Crippen LogP) is 3.04. The number of carbonyl (C=O) groups excluding carboxylic acids is 1. The van der Waals surface area contributed by atoms with Crippen LogP contribution in [0.25, 0.3) is 0 Å². The summed E-state index contributed by atoms with van der Waals surface area (Å²) in [6, 6.07) is 0.666. The lowest BCUT2D eigenvalue weighted by Crippen LogP contribution is -2.53. The van der Waals surface area contributed by atoms with Crippen molar-refractivity contribution in [3.05, 3.63) is 18.2 Å². The van der Waals surface area contributed by atoms with Gasteiger partial charge in [-0.15, -0.1) is 0 Å². The van der Waals surface area contributed by atoms with Gasteiger partial charge in [-0.25, -0.2) is 14.4 Å². The van der Waals surface area contributed by atoms with E-state index < -0.39 is 5.82 Å². The lowest BCUT2D eigenvalue weighted by molar-refractivity contribution is -0.137. The SMILES string of the molecule is COC1CN(c2ncc(F)cn2)CCC1C1C[C@H]2CC3(COC(C)(C)C)C[C@H](C1)N2C3=O. The average molecular weight is 447 g/mol. The van der Waals surface area contributed by atoms with E-state index in [4.69, 9.17) is 9.47 Å². The van der Waals surface area contributed by atoms with Crippen molar-refractivity contribution in [1.29, 1.82) is 0 Å². The Labute approximate surface area is 189 Å². The first-order valence-corrected chi connectivity index (χ1v) is 11.9. The normalized spacial score (nSPS) is 36.8. The summed E-state index contributed by atoms with van der Waals surface area (Å²) in [5, 5.41) is 0. The first-order chi connectivity index (χ1) is 15.2. The number of hydrogen-bond donors (Lipinski definition) is 0. The van der Waals surface area contributed by atoms with E-state index in [-0.39, 0.29) is 17.1 Å². The van der Waals surface area contributed by atoms with Crippen LogP contribution in [0.5, 0.6) is 0 Å². The molecule has 4 saturated heterocycles. The third-order valence-corrected chi connectivity index (χ3v) is 8.07. The van der Waals surface area contributed by atoms with Gasteiger partial charge in [0.25, 0.3) is 0 Å². The first-order valence-electron chi connectivity index (χ1n) is 11.9. The zero-order chi connectivity index (χ0) is 22.7. The molecule has 4 atom stereocenters. The second kappa shape index (κ2) is 7.90. The number of halogens is 1. The van der Waals surface area contributed by atoms with E-state index in [9.17, 15) is 9.18 Å². The molecule has 2 unspecified atom stereocenters. The Morgan fingerprint density at radius 2 is 1.84 bits per heavy atom. The minimum absolute atomic E-state index is 0.0834. The molecule has 0 N–H and O–H groups in total. The molecule has 8 heteroatoms. The third kappa shape index (κ3) is 3.79. The van der Waals surface area contributed by atoms with Crippen molar-refractivity contribution in [2.45, 2.75) is 76.7 Å². The summed E-state index contributed by atoms with van der Waals surface area (Å²) in [6.07, 6.45) is 7.47. The lowest BCUT2D eigenvalue weighted by Gasteiger charge is -2.48. The Morgan fingerprint density at radius 3 is 2.44 bits per heavy atom. The third-order valence-electron chi connectivity index (χ3n) is 8.07. The van der Waals surface area contributed by atoms with Gasteiger partial charge in [0, 0.05) is 32.3 Å². The van der Waals surface area contributed by atoms with Crippen molar-refractivity contribution in [1.82, 2.24) is 14.9 Å². The molecule has 1 aromatic rings. The quantitative estimate of drug-likeness (QED) is 0.693. The summed E-state index contributed by atoms with van der Waals surface area (Å²) >= 11 is 0. The van der Waals surface area contributed by atoms with Crippen LogP contribution in [0.2, 0.25) is 0 Å². The molecule has 1 aromatic heterocycles. The van der Waals surface area contributed by atoms with Crippen LogP contribution in [0, 0.1) is 23.1 Å². The highest BCUT2D eigenvalue weighted by Gasteiger charge is 2.63. The number of amides is 1. The number of fused-ring (bicyclic) bond motifs is 1. The van der Waals surface area contributed by atoms with E-state index in [1.807, 2.05) is 0 Å². The molecule has 0 spiro atoms. The Balaban J connectivity index is 1.25. The predicted molar refractivity (Wildman–Crippen MR) is 118 cm³/mol. The Bertz CT molecular complexity index is 842. The monoisotopic (exact) mass is 446 g/mol. The topological polar surface area (TPSA) is 67.8 Å². The lowest BCUT2D eigenvalue weighted by atomic mass is 9.68. The fourth-order valence-electron chi connectivity index (χ4n) is 6.71. The number of carbonyl (C=O) groups is 1. The van der Waals surface area contributed by atoms with Crippen LogP contribution < -0.4 is 4.90 Å². The molecule has 1 amide bonds. The average Bonchev–Trinajstić information content (AvgIpc) is 3.19. The van der Waals surface area contributed by atoms with E-state index in [0.717, 1.165) is 38.6 Å². The largest absolute Gasteiger partial charge is 0.379 e. The van der Waals surface area contributed by atoms with Gasteiger partial charge < -0.3 is 19.3 Å². The van der Waals surface area contributed by atoms with Crippen LogP contribution in [-0.2, 0) is 14.3 Å². The zero-order valence-electron chi connectivity index (χ0n) is 19.6. The number of piperidine rings is 3. The summed E-state index contributed by atoms with van der Waals surface area (Å²) in [6.45, 7) is 8.27. The van der Waals surface area contributed by atoms with E-state index >= 15 is 0 Å². The zero-order valence-corrected chi connectivity index (χ0v) is 19.6. The number of hydrogen-bond acceptors (Lipinski definition) is 6. The van der Waals surface area contributed by atoms with Gasteiger partial charge in [0.05, 0.1) is 36.1 Å². The van der Waals surface area contributed by atoms with Crippen LogP contribution in [0.4, 0.5) is 10.3 Å². The van der Waals surface area contributed by atoms with Crippen molar-refractivity contribution < 1.29 is 18.7 Å². The van der Waals surface area contributed by atoms with E-state index in [1.54, 1.807) is 7.11 Å². The molecule has 0 aliphatic carbocycles. The second-order valence-electron chi connectivity index (χ2n) is 11.2. The van der Waals surface area contributed by atoms with Gasteiger partial charge in [0.15, 0.2) is 5.82 Å². The van der Waals surface area contributed by atoms with E-state index in [0.29, 0.717) is 48.9 Å². The summed E-state index contributed by atoms with van der Waals surface area (Å²) < 4.78 is 25.2. The van der Waals surface area contributed by atoms with Crippen LogP contribution in [-0.4, -0.2) is 71.4 Å². The summed E-state index contributed by atoms with van der Waals surface area (Å²) in [5.41, 5.74) is -0.534. The van der Waals surface area contributed by atoms with E-state index in [2.05, 4.69) is 40.5 Å². The minimum Gasteiger partial charge on any atom is -0.379 e. The molecule has 4 aliphatic heterocycles. The number of ether oxygens (including phenoxy) is 2. The highest BCUT2D eigenvalue weighted by atomic mass is 19.1. The van der Waals surface area contributed by atoms with Crippen molar-refractivity contribution in [2.24, 2.45) is 17.3 Å². The van der Waals surface area contributed by atoms with Crippen molar-refractivity contribution in [3.8, 4) is 0 Å². The maximum Gasteiger partial charge on any atom is 0.231 e. The van der Waals surface area contributed by atoms with Crippen LogP contribution in [0.3, 0.4) is 0 Å². The Hall–Kier alpha value is -1.80. The van der Waals surface area contributed by atoms with Crippen molar-refractivity contribution in [3.63, 3.8) is 0 Å². The van der Waals surface area contributed by atoms with Crippen molar-refractivity contribution >= 4 is 11.9 Å². The highest BCUT2D eigenvalue weighted by Crippen LogP contribution is 2.56. The van der Waals surface area contributed by atoms with Gasteiger partial charge in [0.1, 0.15) is 0 Å². The molecule has 0 saturated carbocycles. The molecular formula is C24H35FN4O3. The molecule has 32 heavy (non-hydrogen) atoms. The fourth-order valence-corrected chi connectivity index (χ4v) is 6.71. The van der Waals surface area contributed by atoms with Gasteiger partial charge in [-0.3, -0.25) is 4.79 Å². The number of anilines is 1. The second-order valence-corrected chi connectivity index (χ2v) is 11.2. The van der Waals surface area contributed by atoms with Crippen LogP contribution >= 0.6 is 0 Å². The van der Waals surface area contributed by atoms with Gasteiger partial charge in [-0.1, -0.05) is 0 Å². The molecule has 4 aliphatic rings. The molecule has 7 nitrogen and oxygen atoms in total. The van der Waals surface area contributed by atoms with Crippen LogP contribution in [0.15, 0.2) is 12.4 Å². The molecule has 5 rings (SSSR count). The van der Waals surface area contributed by atoms with Gasteiger partial charge >= 0.3 is 0 Å². The van der Waals surface area contributed by atoms with E-state index in [1.165, 1.54) is 12.4 Å². The molecule has 176 valence electrons. The highest BCUT2D eigenvalue weighted by molar-refractivity contribution is 5.88. The fraction of sp³-hybridized carbons (Fsp3) is 0.792. The van der Waals surface area contributed by atoms with Crippen molar-refractivity contribution in [2.75, 3.05) is 31.7 Å². The number of methoxy groups -OCH3 is 1. The molecule has 0 radical (unpaired) electrons. The molecule has 0 aromatic carbocycles. The van der Waals surface area contributed by atoms with Crippen LogP contribution in [0.1, 0.15) is 52.9 Å². The van der Waals surface area contributed by atoms with Gasteiger partial charge in [-0.05, 0) is 64.7 Å². The smallest absolute Gasteiger partial charge is 0.231 e. The minimum atomic E-state index is -0.422. The maximum atomic E-state index is 13.2.